The molecule has 1 aromatic heterocycles. The molecule has 12 heteroatoms. The second-order valence-corrected chi connectivity index (χ2v) is 9.05. The molecule has 0 aliphatic carbocycles. The molecule has 216 valence electrons. The fourth-order valence-electron chi connectivity index (χ4n) is 4.37. The third kappa shape index (κ3) is 5.82. The lowest BCUT2D eigenvalue weighted by molar-refractivity contribution is -0.109. The van der Waals surface area contributed by atoms with Gasteiger partial charge in [0.15, 0.2) is 34.5 Å². The number of ether oxygens (including phenoxy) is 3. The summed E-state index contributed by atoms with van der Waals surface area (Å²) >= 11 is 0. The molecule has 0 fully saturated rings. The molecule has 3 atom stereocenters. The van der Waals surface area contributed by atoms with Gasteiger partial charge in [-0.2, -0.15) is 0 Å². The molecule has 0 aliphatic heterocycles. The van der Waals surface area contributed by atoms with Gasteiger partial charge in [0.05, 0.1) is 39.1 Å². The lowest BCUT2D eigenvalue weighted by Gasteiger charge is -2.19. The second-order valence-electron chi connectivity index (χ2n) is 9.05. The van der Waals surface area contributed by atoms with E-state index in [1.165, 1.54) is 75.9 Å². The van der Waals surface area contributed by atoms with E-state index in [9.17, 15) is 29.7 Å². The van der Waals surface area contributed by atoms with E-state index in [1.807, 2.05) is 0 Å². The smallest absolute Gasteiger partial charge is 0.160 e. The zero-order chi connectivity index (χ0) is 30.4. The van der Waals surface area contributed by atoms with Gasteiger partial charge < -0.3 is 43.9 Å². The molecular formula is C30H27N3O9. The first-order chi connectivity index (χ1) is 20.3. The van der Waals surface area contributed by atoms with Crippen LogP contribution < -0.4 is 14.2 Å². The summed E-state index contributed by atoms with van der Waals surface area (Å²) in [5.41, 5.74) is 1.10. The number of aromatic nitrogens is 3. The first-order valence-electron chi connectivity index (χ1n) is 12.5. The molecule has 0 aliphatic rings. The third-order valence-corrected chi connectivity index (χ3v) is 6.62. The summed E-state index contributed by atoms with van der Waals surface area (Å²) < 4.78 is 15.5. The summed E-state index contributed by atoms with van der Waals surface area (Å²) in [4.78, 5) is 50.7. The number of rotatable bonds is 12. The minimum absolute atomic E-state index is 0.0760. The van der Waals surface area contributed by atoms with Gasteiger partial charge in [-0.1, -0.05) is 18.2 Å². The average molecular weight is 574 g/mol. The quantitative estimate of drug-likeness (QED) is 0.211. The van der Waals surface area contributed by atoms with Crippen LogP contribution in [0.5, 0.6) is 34.5 Å². The van der Waals surface area contributed by atoms with Crippen molar-refractivity contribution in [3.8, 4) is 34.5 Å². The Labute approximate surface area is 240 Å². The van der Waals surface area contributed by atoms with Crippen LogP contribution in [0.25, 0.3) is 0 Å². The van der Waals surface area contributed by atoms with Crippen molar-refractivity contribution in [3.05, 3.63) is 88.8 Å². The minimum Gasteiger partial charge on any atom is -0.504 e. The summed E-state index contributed by atoms with van der Waals surface area (Å²) in [6.45, 7) is 0. The number of benzene rings is 3. The highest BCUT2D eigenvalue weighted by Crippen LogP contribution is 2.35. The summed E-state index contributed by atoms with van der Waals surface area (Å²) in [6.07, 6.45) is 1.73. The van der Waals surface area contributed by atoms with Crippen LogP contribution in [0.3, 0.4) is 0 Å². The zero-order valence-electron chi connectivity index (χ0n) is 22.8. The number of hydrogen-bond acceptors (Lipinski definition) is 12. The predicted molar refractivity (Wildman–Crippen MR) is 148 cm³/mol. The van der Waals surface area contributed by atoms with Gasteiger partial charge in [-0.05, 0) is 53.1 Å². The number of aromatic hydroxyl groups is 3. The van der Waals surface area contributed by atoms with E-state index in [1.54, 1.807) is 0 Å². The van der Waals surface area contributed by atoms with Crippen molar-refractivity contribution in [2.75, 3.05) is 21.3 Å². The number of carbonyl (C=O) groups is 3. The molecule has 0 amide bonds. The summed E-state index contributed by atoms with van der Waals surface area (Å²) in [7, 11) is 4.07. The summed E-state index contributed by atoms with van der Waals surface area (Å²) in [6, 6.07) is 12.9. The van der Waals surface area contributed by atoms with E-state index in [-0.39, 0.29) is 52.0 Å². The number of aldehydes is 3. The Morgan fingerprint density at radius 2 is 0.786 bits per heavy atom. The Morgan fingerprint density at radius 1 is 0.524 bits per heavy atom. The lowest BCUT2D eigenvalue weighted by Crippen LogP contribution is -2.19. The molecule has 42 heavy (non-hydrogen) atoms. The number of carbonyl (C=O) groups excluding carboxylic acids is 3. The number of hydrogen-bond donors (Lipinski definition) is 3. The van der Waals surface area contributed by atoms with Crippen molar-refractivity contribution < 1.29 is 43.9 Å². The standard InChI is InChI=1S/C30H27N3O9/c1-40-25-10-16(4-7-22(25)37)19(13-34)28-31-29(20(14-35)17-5-8-23(38)26(11-17)41-2)33-30(32-28)21(15-36)18-6-9-24(39)27(12-18)42-3/h4-15,19-21,37-39H,1-3H3. The second kappa shape index (κ2) is 12.8. The van der Waals surface area contributed by atoms with Crippen LogP contribution in [-0.2, 0) is 14.4 Å². The fraction of sp³-hybridized carbons (Fsp3) is 0.200. The van der Waals surface area contributed by atoms with E-state index in [2.05, 4.69) is 15.0 Å². The molecule has 0 bridgehead atoms. The van der Waals surface area contributed by atoms with Gasteiger partial charge >= 0.3 is 0 Å². The molecule has 1 heterocycles. The number of methoxy groups -OCH3 is 3. The van der Waals surface area contributed by atoms with Gasteiger partial charge in [-0.15, -0.1) is 0 Å². The maximum Gasteiger partial charge on any atom is 0.160 e. The molecule has 0 radical (unpaired) electrons. The highest BCUT2D eigenvalue weighted by atomic mass is 16.5. The van der Waals surface area contributed by atoms with Gasteiger partial charge in [0.25, 0.3) is 0 Å². The fourth-order valence-corrected chi connectivity index (χ4v) is 4.37. The summed E-state index contributed by atoms with van der Waals surface area (Å²) in [5.74, 6) is -3.66. The Morgan fingerprint density at radius 3 is 1.00 bits per heavy atom. The Hall–Kier alpha value is -5.52. The molecular weight excluding hydrogens is 546 g/mol. The lowest BCUT2D eigenvalue weighted by atomic mass is 9.95. The normalized spacial score (nSPS) is 12.9. The Balaban J connectivity index is 1.95. The minimum atomic E-state index is -1.11. The first kappa shape index (κ1) is 29.5. The van der Waals surface area contributed by atoms with Crippen LogP contribution in [0, 0.1) is 0 Å². The van der Waals surface area contributed by atoms with Gasteiger partial charge in [-0.3, -0.25) is 0 Å². The van der Waals surface area contributed by atoms with E-state index in [0.29, 0.717) is 35.5 Å². The molecule has 4 rings (SSSR count). The monoisotopic (exact) mass is 573 g/mol. The number of nitrogens with zero attached hydrogens (tertiary/aromatic N) is 3. The largest absolute Gasteiger partial charge is 0.504 e. The van der Waals surface area contributed by atoms with E-state index < -0.39 is 17.8 Å². The highest BCUT2D eigenvalue weighted by Gasteiger charge is 2.28. The van der Waals surface area contributed by atoms with Crippen molar-refractivity contribution >= 4 is 18.9 Å². The van der Waals surface area contributed by atoms with Crippen molar-refractivity contribution in [3.63, 3.8) is 0 Å². The SMILES string of the molecule is COc1cc(C(C=O)c2nc(C(C=O)c3ccc(O)c(OC)c3)nc(C(C=O)c3ccc(O)c(OC)c3)n2)ccc1O. The zero-order valence-corrected chi connectivity index (χ0v) is 22.8. The van der Waals surface area contributed by atoms with Gasteiger partial charge in [0.1, 0.15) is 36.3 Å². The van der Waals surface area contributed by atoms with Crippen LogP contribution in [0.1, 0.15) is 51.9 Å². The molecule has 0 saturated carbocycles. The highest BCUT2D eigenvalue weighted by molar-refractivity contribution is 5.71. The molecule has 3 aromatic carbocycles. The third-order valence-electron chi connectivity index (χ3n) is 6.62. The maximum atomic E-state index is 12.4. The number of phenolic OH excluding ortho intramolecular Hbond substituents is 3. The molecule has 3 N–H and O–H groups in total. The van der Waals surface area contributed by atoms with Gasteiger partial charge in [0, 0.05) is 0 Å². The van der Waals surface area contributed by atoms with Crippen LogP contribution in [0.15, 0.2) is 54.6 Å². The van der Waals surface area contributed by atoms with Crippen molar-refractivity contribution in [1.29, 1.82) is 0 Å². The summed E-state index contributed by atoms with van der Waals surface area (Å²) in [5, 5.41) is 30.1. The van der Waals surface area contributed by atoms with Gasteiger partial charge in [-0.25, -0.2) is 15.0 Å². The Bertz CT molecular complexity index is 1420. The molecule has 12 nitrogen and oxygen atoms in total. The molecule has 3 unspecified atom stereocenters. The van der Waals surface area contributed by atoms with Crippen molar-refractivity contribution in [2.24, 2.45) is 0 Å². The maximum absolute atomic E-state index is 12.4. The predicted octanol–water partition coefficient (Wildman–Crippen LogP) is 3.01. The van der Waals surface area contributed by atoms with Crippen molar-refractivity contribution in [2.45, 2.75) is 17.8 Å². The van der Waals surface area contributed by atoms with Crippen LogP contribution in [-0.4, -0.2) is 70.5 Å². The Kier molecular flexibility index (Phi) is 8.96. The molecule has 0 spiro atoms. The van der Waals surface area contributed by atoms with Crippen molar-refractivity contribution in [1.82, 2.24) is 15.0 Å². The van der Waals surface area contributed by atoms with E-state index in [4.69, 9.17) is 14.2 Å². The van der Waals surface area contributed by atoms with Crippen LogP contribution in [0.4, 0.5) is 0 Å². The first-order valence-corrected chi connectivity index (χ1v) is 12.5. The van der Waals surface area contributed by atoms with Crippen LogP contribution in [0.2, 0.25) is 0 Å². The van der Waals surface area contributed by atoms with Gasteiger partial charge in [0.2, 0.25) is 0 Å². The van der Waals surface area contributed by atoms with E-state index >= 15 is 0 Å². The molecule has 4 aromatic rings. The van der Waals surface area contributed by atoms with Crippen LogP contribution >= 0.6 is 0 Å². The van der Waals surface area contributed by atoms with E-state index in [0.717, 1.165) is 0 Å². The molecule has 0 saturated heterocycles. The number of phenols is 3. The topological polar surface area (TPSA) is 178 Å². The average Bonchev–Trinajstić information content (AvgIpc) is 3.00.